The predicted octanol–water partition coefficient (Wildman–Crippen LogP) is 3.83. The van der Waals surface area contributed by atoms with E-state index in [2.05, 4.69) is 4.98 Å². The second-order valence-corrected chi connectivity index (χ2v) is 6.65. The highest BCUT2D eigenvalue weighted by atomic mass is 33.1. The van der Waals surface area contributed by atoms with Gasteiger partial charge in [-0.3, -0.25) is 0 Å². The highest BCUT2D eigenvalue weighted by Crippen LogP contribution is 2.39. The molecule has 0 radical (unpaired) electrons. The molecular weight excluding hydrogens is 270 g/mol. The van der Waals surface area contributed by atoms with Gasteiger partial charge in [0.2, 0.25) is 0 Å². The van der Waals surface area contributed by atoms with E-state index in [0.717, 1.165) is 30.7 Å². The number of carbonyl (C=O) groups is 1. The zero-order valence-corrected chi connectivity index (χ0v) is 11.5. The fourth-order valence-electron chi connectivity index (χ4n) is 1.90. The van der Waals surface area contributed by atoms with E-state index in [1.54, 1.807) is 17.0 Å². The largest absolute Gasteiger partial charge is 0.506 e. The van der Waals surface area contributed by atoms with Crippen LogP contribution in [0.4, 0.5) is 4.79 Å². The predicted molar refractivity (Wildman–Crippen MR) is 72.8 cm³/mol. The molecule has 0 spiro atoms. The van der Waals surface area contributed by atoms with Gasteiger partial charge in [-0.05, 0) is 48.6 Å². The molecule has 1 aromatic heterocycles. The summed E-state index contributed by atoms with van der Waals surface area (Å²) in [5, 5.41) is 10.1. The van der Waals surface area contributed by atoms with E-state index >= 15 is 0 Å². The third kappa shape index (κ3) is 4.42. The van der Waals surface area contributed by atoms with Gasteiger partial charge < -0.3 is 9.84 Å². The lowest BCUT2D eigenvalue weighted by Gasteiger charge is -2.26. The molecule has 0 aromatic carbocycles. The van der Waals surface area contributed by atoms with Crippen molar-refractivity contribution in [1.82, 2.24) is 4.98 Å². The average Bonchev–Trinajstić information content (AvgIpc) is 2.38. The minimum absolute atomic E-state index is 0.112. The first-order valence-corrected chi connectivity index (χ1v) is 8.09. The molecule has 0 unspecified atom stereocenters. The molecule has 1 N–H and O–H groups in total. The van der Waals surface area contributed by atoms with E-state index in [-0.39, 0.29) is 6.10 Å². The Morgan fingerprint density at radius 2 is 2.11 bits per heavy atom. The lowest BCUT2D eigenvalue weighted by atomic mass is 9.97. The molecular formula is C12H15NO3S2. The second-order valence-electron chi connectivity index (χ2n) is 4.13. The lowest BCUT2D eigenvalue weighted by molar-refractivity contribution is 0.0366. The summed E-state index contributed by atoms with van der Waals surface area (Å²) >= 11 is 0. The van der Waals surface area contributed by atoms with Crippen LogP contribution in [-0.4, -0.2) is 27.6 Å². The van der Waals surface area contributed by atoms with Crippen LogP contribution in [0.5, 0.6) is 0 Å². The summed E-state index contributed by atoms with van der Waals surface area (Å²) in [6, 6.07) is 5.88. The molecule has 1 heterocycles. The molecule has 4 nitrogen and oxygen atoms in total. The van der Waals surface area contributed by atoms with Crippen LogP contribution in [0.1, 0.15) is 25.7 Å². The number of rotatable bonds is 4. The van der Waals surface area contributed by atoms with Gasteiger partial charge in [0.25, 0.3) is 0 Å². The molecule has 1 fully saturated rings. The SMILES string of the molecule is O=C(O)OC1CCC(SSc2ccccn2)CC1. The third-order valence-corrected chi connectivity index (χ3v) is 5.67. The van der Waals surface area contributed by atoms with Gasteiger partial charge in [-0.25, -0.2) is 9.78 Å². The molecule has 0 aliphatic heterocycles. The number of aromatic nitrogens is 1. The Bertz CT molecular complexity index is 380. The van der Waals surface area contributed by atoms with Crippen LogP contribution in [0.15, 0.2) is 29.4 Å². The zero-order chi connectivity index (χ0) is 12.8. The summed E-state index contributed by atoms with van der Waals surface area (Å²) in [6.45, 7) is 0. The van der Waals surface area contributed by atoms with Crippen molar-refractivity contribution in [2.45, 2.75) is 42.1 Å². The Morgan fingerprint density at radius 1 is 1.33 bits per heavy atom. The van der Waals surface area contributed by atoms with Gasteiger partial charge in [0.1, 0.15) is 11.1 Å². The van der Waals surface area contributed by atoms with Gasteiger partial charge in [-0.2, -0.15) is 0 Å². The van der Waals surface area contributed by atoms with Crippen LogP contribution in [0.25, 0.3) is 0 Å². The Morgan fingerprint density at radius 3 is 2.72 bits per heavy atom. The van der Waals surface area contributed by atoms with Crippen molar-refractivity contribution >= 4 is 27.7 Å². The highest BCUT2D eigenvalue weighted by molar-refractivity contribution is 8.76. The van der Waals surface area contributed by atoms with Gasteiger partial charge >= 0.3 is 6.16 Å². The molecule has 1 saturated carbocycles. The van der Waals surface area contributed by atoms with Crippen molar-refractivity contribution < 1.29 is 14.6 Å². The van der Waals surface area contributed by atoms with Gasteiger partial charge in [-0.15, -0.1) is 0 Å². The van der Waals surface area contributed by atoms with Crippen LogP contribution in [-0.2, 0) is 4.74 Å². The third-order valence-electron chi connectivity index (χ3n) is 2.80. The minimum atomic E-state index is -1.16. The number of ether oxygens (including phenoxy) is 1. The summed E-state index contributed by atoms with van der Waals surface area (Å²) in [6.07, 6.45) is 4.18. The van der Waals surface area contributed by atoms with Crippen molar-refractivity contribution in [3.8, 4) is 0 Å². The second kappa shape index (κ2) is 6.89. The first-order valence-electron chi connectivity index (χ1n) is 5.88. The number of carboxylic acid groups (broad SMARTS) is 1. The molecule has 18 heavy (non-hydrogen) atoms. The topological polar surface area (TPSA) is 59.4 Å². The molecule has 2 rings (SSSR count). The monoisotopic (exact) mass is 285 g/mol. The van der Waals surface area contributed by atoms with Crippen molar-refractivity contribution in [2.75, 3.05) is 0 Å². The van der Waals surface area contributed by atoms with E-state index < -0.39 is 6.16 Å². The maximum Gasteiger partial charge on any atom is 0.506 e. The van der Waals surface area contributed by atoms with Crippen LogP contribution in [0.3, 0.4) is 0 Å². The fraction of sp³-hybridized carbons (Fsp3) is 0.500. The van der Waals surface area contributed by atoms with Crippen LogP contribution >= 0.6 is 21.6 Å². The van der Waals surface area contributed by atoms with Gasteiger partial charge in [0.05, 0.1) is 0 Å². The first kappa shape index (κ1) is 13.5. The number of hydrogen-bond donors (Lipinski definition) is 1. The molecule has 0 bridgehead atoms. The molecule has 1 aliphatic rings. The standard InChI is InChI=1S/C12H15NO3S2/c14-12(15)16-9-4-6-10(7-5-9)17-18-11-3-1-2-8-13-11/h1-3,8-10H,4-7H2,(H,14,15). The van der Waals surface area contributed by atoms with Crippen LogP contribution < -0.4 is 0 Å². The first-order chi connectivity index (χ1) is 8.74. The summed E-state index contributed by atoms with van der Waals surface area (Å²) in [4.78, 5) is 14.7. The smallest absolute Gasteiger partial charge is 0.450 e. The molecule has 1 aliphatic carbocycles. The quantitative estimate of drug-likeness (QED) is 0.670. The molecule has 1 aromatic rings. The van der Waals surface area contributed by atoms with E-state index in [9.17, 15) is 4.79 Å². The molecule has 0 atom stereocenters. The van der Waals surface area contributed by atoms with E-state index in [1.807, 2.05) is 29.0 Å². The van der Waals surface area contributed by atoms with Gasteiger partial charge in [0.15, 0.2) is 0 Å². The molecule has 98 valence electrons. The number of nitrogens with zero attached hydrogens (tertiary/aromatic N) is 1. The number of pyridine rings is 1. The van der Waals surface area contributed by atoms with E-state index in [0.29, 0.717) is 5.25 Å². The summed E-state index contributed by atoms with van der Waals surface area (Å²) in [7, 11) is 3.51. The number of hydrogen-bond acceptors (Lipinski definition) is 5. The zero-order valence-electron chi connectivity index (χ0n) is 9.82. The van der Waals surface area contributed by atoms with Crippen LogP contribution in [0.2, 0.25) is 0 Å². The maximum absolute atomic E-state index is 10.4. The van der Waals surface area contributed by atoms with E-state index in [1.165, 1.54) is 0 Å². The Hall–Kier alpha value is -0.880. The van der Waals surface area contributed by atoms with E-state index in [4.69, 9.17) is 9.84 Å². The normalized spacial score (nSPS) is 23.6. The molecule has 0 saturated heterocycles. The summed E-state index contributed by atoms with van der Waals surface area (Å²) in [5.41, 5.74) is 0. The summed E-state index contributed by atoms with van der Waals surface area (Å²) < 4.78 is 4.79. The Kier molecular flexibility index (Phi) is 5.19. The Labute approximate surface area is 114 Å². The lowest BCUT2D eigenvalue weighted by Crippen LogP contribution is -2.24. The van der Waals surface area contributed by atoms with Gasteiger partial charge in [0, 0.05) is 11.4 Å². The minimum Gasteiger partial charge on any atom is -0.450 e. The fourth-order valence-corrected chi connectivity index (χ4v) is 4.42. The Balaban J connectivity index is 1.69. The van der Waals surface area contributed by atoms with Crippen molar-refractivity contribution in [2.24, 2.45) is 0 Å². The van der Waals surface area contributed by atoms with Crippen molar-refractivity contribution in [3.05, 3.63) is 24.4 Å². The van der Waals surface area contributed by atoms with Crippen LogP contribution in [0, 0.1) is 0 Å². The van der Waals surface area contributed by atoms with Crippen molar-refractivity contribution in [1.29, 1.82) is 0 Å². The summed E-state index contributed by atoms with van der Waals surface area (Å²) in [5.74, 6) is 0. The van der Waals surface area contributed by atoms with Gasteiger partial charge in [-0.1, -0.05) is 16.9 Å². The molecule has 6 heteroatoms. The maximum atomic E-state index is 10.4. The molecule has 0 amide bonds. The van der Waals surface area contributed by atoms with Crippen molar-refractivity contribution in [3.63, 3.8) is 0 Å². The highest BCUT2D eigenvalue weighted by Gasteiger charge is 2.24. The average molecular weight is 285 g/mol.